The third-order valence-electron chi connectivity index (χ3n) is 2.30. The summed E-state index contributed by atoms with van der Waals surface area (Å²) in [6.45, 7) is 5.15. The average molecular weight is 259 g/mol. The Hall–Kier alpha value is -1.14. The van der Waals surface area contributed by atoms with Crippen LogP contribution in [-0.4, -0.2) is 51.7 Å². The molecule has 0 fully saturated rings. The second-order valence-electron chi connectivity index (χ2n) is 4.56. The van der Waals surface area contributed by atoms with Crippen molar-refractivity contribution in [3.63, 3.8) is 0 Å². The van der Waals surface area contributed by atoms with Crippen LogP contribution >= 0.6 is 0 Å². The monoisotopic (exact) mass is 259 g/mol. The number of amides is 2. The van der Waals surface area contributed by atoms with Gasteiger partial charge in [0.25, 0.3) is 0 Å². The van der Waals surface area contributed by atoms with E-state index in [1.165, 1.54) is 0 Å². The maximum atomic E-state index is 11.9. The molecule has 0 saturated carbocycles. The zero-order valence-electron chi connectivity index (χ0n) is 11.7. The minimum Gasteiger partial charge on any atom is -0.383 e. The van der Waals surface area contributed by atoms with E-state index in [4.69, 9.17) is 4.74 Å². The lowest BCUT2D eigenvalue weighted by atomic mass is 10.0. The van der Waals surface area contributed by atoms with Crippen molar-refractivity contribution >= 4 is 11.8 Å². The number of nitrogens with one attached hydrogen (secondary N) is 3. The zero-order valence-corrected chi connectivity index (χ0v) is 11.7. The summed E-state index contributed by atoms with van der Waals surface area (Å²) in [6, 6.07) is -0.484. The van der Waals surface area contributed by atoms with Gasteiger partial charge in [0.15, 0.2) is 0 Å². The summed E-state index contributed by atoms with van der Waals surface area (Å²) >= 11 is 0. The minimum atomic E-state index is -0.484. The lowest BCUT2D eigenvalue weighted by Crippen LogP contribution is -2.49. The molecule has 0 bridgehead atoms. The van der Waals surface area contributed by atoms with E-state index in [0.717, 1.165) is 0 Å². The van der Waals surface area contributed by atoms with Gasteiger partial charge >= 0.3 is 0 Å². The maximum absolute atomic E-state index is 11.9. The van der Waals surface area contributed by atoms with Gasteiger partial charge in [-0.1, -0.05) is 13.8 Å². The van der Waals surface area contributed by atoms with Crippen LogP contribution in [0.2, 0.25) is 0 Å². The lowest BCUT2D eigenvalue weighted by Gasteiger charge is -2.20. The summed E-state index contributed by atoms with van der Waals surface area (Å²) in [5.74, 6) is -0.00620. The molecule has 0 aromatic rings. The van der Waals surface area contributed by atoms with E-state index in [1.807, 2.05) is 13.8 Å². The highest BCUT2D eigenvalue weighted by Gasteiger charge is 2.21. The molecule has 0 unspecified atom stereocenters. The van der Waals surface area contributed by atoms with E-state index in [-0.39, 0.29) is 18.4 Å². The molecule has 0 heterocycles. The Bertz CT molecular complexity index is 257. The van der Waals surface area contributed by atoms with Crippen molar-refractivity contribution < 1.29 is 14.3 Å². The van der Waals surface area contributed by atoms with E-state index in [9.17, 15) is 9.59 Å². The Morgan fingerprint density at radius 3 is 2.44 bits per heavy atom. The van der Waals surface area contributed by atoms with Gasteiger partial charge in [-0.15, -0.1) is 0 Å². The van der Waals surface area contributed by atoms with Gasteiger partial charge in [-0.25, -0.2) is 0 Å². The molecular weight excluding hydrogens is 234 g/mol. The van der Waals surface area contributed by atoms with Gasteiger partial charge in [0, 0.05) is 13.7 Å². The first-order chi connectivity index (χ1) is 8.51. The first kappa shape index (κ1) is 16.9. The SMILES string of the molecule is CNCC(=O)N[C@@H](CC(C)C)C(=O)NCCOC. The number of likely N-dealkylation sites (N-methyl/N-ethyl adjacent to an activating group) is 1. The Balaban J connectivity index is 4.28. The van der Waals surface area contributed by atoms with Crippen LogP contribution in [0.5, 0.6) is 0 Å². The summed E-state index contributed by atoms with van der Waals surface area (Å²) in [5, 5.41) is 8.21. The standard InChI is InChI=1S/C12H25N3O3/c1-9(2)7-10(15-11(16)8-13-3)12(17)14-5-6-18-4/h9-10,13H,5-8H2,1-4H3,(H,14,17)(H,15,16)/t10-/m0/s1. The quantitative estimate of drug-likeness (QED) is 0.488. The summed E-state index contributed by atoms with van der Waals surface area (Å²) in [4.78, 5) is 23.4. The van der Waals surface area contributed by atoms with Gasteiger partial charge < -0.3 is 20.7 Å². The first-order valence-corrected chi connectivity index (χ1v) is 6.21. The Kier molecular flexibility index (Phi) is 9.22. The molecule has 6 heteroatoms. The first-order valence-electron chi connectivity index (χ1n) is 6.21. The molecule has 3 N–H and O–H groups in total. The molecule has 0 saturated heterocycles. The normalized spacial score (nSPS) is 12.3. The van der Waals surface area contributed by atoms with Crippen LogP contribution in [0.25, 0.3) is 0 Å². The third kappa shape index (κ3) is 8.03. The van der Waals surface area contributed by atoms with Crippen molar-refractivity contribution in [1.29, 1.82) is 0 Å². The van der Waals surface area contributed by atoms with Crippen LogP contribution < -0.4 is 16.0 Å². The predicted octanol–water partition coefficient (Wildman–Crippen LogP) is -0.501. The van der Waals surface area contributed by atoms with E-state index < -0.39 is 6.04 Å². The maximum Gasteiger partial charge on any atom is 0.242 e. The minimum absolute atomic E-state index is 0.162. The molecule has 0 radical (unpaired) electrons. The molecular formula is C12H25N3O3. The van der Waals surface area contributed by atoms with E-state index in [0.29, 0.717) is 25.5 Å². The molecule has 2 amide bonds. The van der Waals surface area contributed by atoms with Crippen molar-refractivity contribution in [3.05, 3.63) is 0 Å². The van der Waals surface area contributed by atoms with E-state index >= 15 is 0 Å². The van der Waals surface area contributed by atoms with Crippen LogP contribution in [0.15, 0.2) is 0 Å². The Morgan fingerprint density at radius 1 is 1.28 bits per heavy atom. The zero-order chi connectivity index (χ0) is 14.0. The van der Waals surface area contributed by atoms with Crippen LogP contribution in [0, 0.1) is 5.92 Å². The van der Waals surface area contributed by atoms with E-state index in [2.05, 4.69) is 16.0 Å². The topological polar surface area (TPSA) is 79.5 Å². The van der Waals surface area contributed by atoms with E-state index in [1.54, 1.807) is 14.2 Å². The molecule has 106 valence electrons. The lowest BCUT2D eigenvalue weighted by molar-refractivity contribution is -0.129. The van der Waals surface area contributed by atoms with Crippen LogP contribution in [0.4, 0.5) is 0 Å². The highest BCUT2D eigenvalue weighted by atomic mass is 16.5. The molecule has 6 nitrogen and oxygen atoms in total. The van der Waals surface area contributed by atoms with Gasteiger partial charge in [-0.3, -0.25) is 9.59 Å². The van der Waals surface area contributed by atoms with Gasteiger partial charge in [0.1, 0.15) is 6.04 Å². The second-order valence-corrected chi connectivity index (χ2v) is 4.56. The Labute approximate surface area is 109 Å². The summed E-state index contributed by atoms with van der Waals surface area (Å²) < 4.78 is 4.86. The second kappa shape index (κ2) is 9.85. The fraction of sp³-hybridized carbons (Fsp3) is 0.833. The summed E-state index contributed by atoms with van der Waals surface area (Å²) in [6.07, 6.45) is 0.619. The molecule has 0 aliphatic rings. The molecule has 0 spiro atoms. The predicted molar refractivity (Wildman–Crippen MR) is 70.2 cm³/mol. The van der Waals surface area contributed by atoms with Crippen molar-refractivity contribution in [1.82, 2.24) is 16.0 Å². The van der Waals surface area contributed by atoms with Gasteiger partial charge in [-0.2, -0.15) is 0 Å². The summed E-state index contributed by atoms with van der Waals surface area (Å²) in [7, 11) is 3.27. The van der Waals surface area contributed by atoms with Crippen LogP contribution in [0.3, 0.4) is 0 Å². The fourth-order valence-corrected chi connectivity index (χ4v) is 1.51. The number of methoxy groups -OCH3 is 1. The van der Waals surface area contributed by atoms with Crippen molar-refractivity contribution in [2.24, 2.45) is 5.92 Å². The molecule has 0 aromatic carbocycles. The number of hydrogen-bond donors (Lipinski definition) is 3. The number of hydrogen-bond acceptors (Lipinski definition) is 4. The average Bonchev–Trinajstić information content (AvgIpc) is 2.28. The number of carbonyl (C=O) groups is 2. The number of ether oxygens (including phenoxy) is 1. The fourth-order valence-electron chi connectivity index (χ4n) is 1.51. The van der Waals surface area contributed by atoms with Crippen molar-refractivity contribution in [2.45, 2.75) is 26.3 Å². The van der Waals surface area contributed by atoms with Crippen LogP contribution in [0.1, 0.15) is 20.3 Å². The molecule has 0 aromatic heterocycles. The summed E-state index contributed by atoms with van der Waals surface area (Å²) in [5.41, 5.74) is 0. The smallest absolute Gasteiger partial charge is 0.242 e. The Morgan fingerprint density at radius 2 is 1.94 bits per heavy atom. The highest BCUT2D eigenvalue weighted by Crippen LogP contribution is 2.04. The molecule has 18 heavy (non-hydrogen) atoms. The molecule has 1 atom stereocenters. The number of carbonyl (C=O) groups excluding carboxylic acids is 2. The highest BCUT2D eigenvalue weighted by molar-refractivity contribution is 5.88. The van der Waals surface area contributed by atoms with Gasteiger partial charge in [0.2, 0.25) is 11.8 Å². The van der Waals surface area contributed by atoms with Crippen LogP contribution in [-0.2, 0) is 14.3 Å². The largest absolute Gasteiger partial charge is 0.383 e. The number of rotatable bonds is 9. The van der Waals surface area contributed by atoms with Gasteiger partial charge in [0.05, 0.1) is 13.2 Å². The van der Waals surface area contributed by atoms with Gasteiger partial charge in [-0.05, 0) is 19.4 Å². The van der Waals surface area contributed by atoms with Crippen molar-refractivity contribution in [2.75, 3.05) is 33.9 Å². The molecule has 0 rings (SSSR count). The van der Waals surface area contributed by atoms with Crippen molar-refractivity contribution in [3.8, 4) is 0 Å². The molecule has 0 aliphatic carbocycles. The third-order valence-corrected chi connectivity index (χ3v) is 2.30. The molecule has 0 aliphatic heterocycles.